The van der Waals surface area contributed by atoms with Gasteiger partial charge in [0.2, 0.25) is 0 Å². The van der Waals surface area contributed by atoms with Gasteiger partial charge in [-0.05, 0) is 21.9 Å². The number of hydrogen-bond acceptors (Lipinski definition) is 0. The number of rotatable bonds is 0. The van der Waals surface area contributed by atoms with Crippen LogP contribution in [0.4, 0.5) is 0 Å². The van der Waals surface area contributed by atoms with Gasteiger partial charge in [0.15, 0.2) is 0 Å². The summed E-state index contributed by atoms with van der Waals surface area (Å²) in [7, 11) is 0. The molecule has 0 saturated carbocycles. The summed E-state index contributed by atoms with van der Waals surface area (Å²) in [5.74, 6) is 0. The molecule has 3 nitrogen and oxygen atoms in total. The van der Waals surface area contributed by atoms with Gasteiger partial charge in [0, 0.05) is 0 Å². The quantitative estimate of drug-likeness (QED) is 0.303. The van der Waals surface area contributed by atoms with Crippen LogP contribution in [0.15, 0.2) is 0 Å². The third kappa shape index (κ3) is 139. The van der Waals surface area contributed by atoms with Crippen molar-refractivity contribution in [3.05, 3.63) is 0 Å². The Balaban J connectivity index is 0. The van der Waals surface area contributed by atoms with Gasteiger partial charge >= 0.3 is 34.7 Å². The molecule has 0 saturated heterocycles. The van der Waals surface area contributed by atoms with E-state index in [4.69, 9.17) is 0 Å². The van der Waals surface area contributed by atoms with Crippen LogP contribution in [-0.2, 0) is 16.4 Å². The van der Waals surface area contributed by atoms with E-state index in [-0.39, 0.29) is 92.9 Å². The first-order valence-electron chi connectivity index (χ1n) is 0. The molecule has 0 bridgehead atoms. The Morgan fingerprint density at radius 1 is 0.444 bits per heavy atom. The molecule has 9 heteroatoms. The molecule has 56 valence electrons. The molecule has 0 rings (SSSR count). The second-order valence-corrected chi connectivity index (χ2v) is 0. The molecule has 2 unspecified atom stereocenters. The molecule has 0 fully saturated rings. The van der Waals surface area contributed by atoms with Gasteiger partial charge in [0.1, 0.15) is 0 Å². The maximum atomic E-state index is 0. The molecule has 0 N–H and O–H groups in total. The molecule has 0 spiro atoms. The molecular weight excluding hydrogens is 220 g/mol. The van der Waals surface area contributed by atoms with E-state index in [1.165, 1.54) is 0 Å². The van der Waals surface area contributed by atoms with Crippen molar-refractivity contribution in [2.24, 2.45) is 0 Å². The van der Waals surface area contributed by atoms with Crippen LogP contribution in [0.5, 0.6) is 0 Å². The monoisotopic (exact) mass is 234 g/mol. The minimum absolute atomic E-state index is 0. The molecule has 0 aromatic carbocycles. The summed E-state index contributed by atoms with van der Waals surface area (Å²) >= 11 is 0. The zero-order chi connectivity index (χ0) is 0. The zero-order valence-electron chi connectivity index (χ0n) is 3.79. The van der Waals surface area contributed by atoms with Crippen LogP contribution in [0.25, 0.3) is 0 Å². The van der Waals surface area contributed by atoms with Crippen LogP contribution in [-0.4, -0.2) is 56.7 Å². The van der Waals surface area contributed by atoms with Crippen molar-refractivity contribution >= 4 is 76.5 Å². The van der Waals surface area contributed by atoms with Crippen LogP contribution in [0.3, 0.4) is 0 Å². The Kier molecular flexibility index (Phi) is 4550. The standard InChI is InChI=1S/2Al.3O.2H3P.2H4Si/h;;;;;2*1H3;2*1H4/q2*+3;3*-2;;;;. The fourth-order valence-electron chi connectivity index (χ4n) is 0. The van der Waals surface area contributed by atoms with Gasteiger partial charge in [-0.15, -0.1) is 0 Å². The van der Waals surface area contributed by atoms with Crippen LogP contribution < -0.4 is 0 Å². The zero-order valence-corrected chi connectivity index (χ0v) is 8.93. The maximum absolute atomic E-state index is 0. The molecule has 0 radical (unpaired) electrons. The maximum Gasteiger partial charge on any atom is 3.00 e. The normalized spacial score (nSPS) is 0. The van der Waals surface area contributed by atoms with Crippen LogP contribution in [0.2, 0.25) is 0 Å². The molecule has 0 aliphatic heterocycles. The molecular formula is H14Al2O3P2Si2. The molecule has 0 amide bonds. The summed E-state index contributed by atoms with van der Waals surface area (Å²) in [6, 6.07) is 0. The van der Waals surface area contributed by atoms with E-state index >= 15 is 0 Å². The van der Waals surface area contributed by atoms with Crippen molar-refractivity contribution in [3.63, 3.8) is 0 Å². The second kappa shape index (κ2) is 174. The Labute approximate surface area is 92.6 Å². The minimum Gasteiger partial charge on any atom is -2.00 e. The second-order valence-electron chi connectivity index (χ2n) is 0. The van der Waals surface area contributed by atoms with E-state index in [0.717, 1.165) is 0 Å². The average Bonchev–Trinajstić information content (AvgIpc) is 0. The Bertz CT molecular complexity index is 17.8. The van der Waals surface area contributed by atoms with Crippen LogP contribution >= 0.6 is 19.8 Å². The van der Waals surface area contributed by atoms with Crippen molar-refractivity contribution in [1.29, 1.82) is 0 Å². The largest absolute Gasteiger partial charge is 3.00 e. The van der Waals surface area contributed by atoms with E-state index in [2.05, 4.69) is 0 Å². The third-order valence-electron chi connectivity index (χ3n) is 0. The van der Waals surface area contributed by atoms with E-state index in [0.29, 0.717) is 0 Å². The fraction of sp³-hybridized carbons (Fsp3) is 0. The van der Waals surface area contributed by atoms with Crippen molar-refractivity contribution in [2.75, 3.05) is 0 Å². The van der Waals surface area contributed by atoms with Gasteiger partial charge in [-0.25, -0.2) is 0 Å². The first kappa shape index (κ1) is 235. The topological polar surface area (TPSA) is 85.5 Å². The van der Waals surface area contributed by atoms with Crippen molar-refractivity contribution in [1.82, 2.24) is 0 Å². The van der Waals surface area contributed by atoms with E-state index in [1.54, 1.807) is 0 Å². The first-order valence-corrected chi connectivity index (χ1v) is 0. The van der Waals surface area contributed by atoms with Gasteiger partial charge in [-0.2, -0.15) is 19.8 Å². The van der Waals surface area contributed by atoms with Gasteiger partial charge < -0.3 is 16.4 Å². The predicted molar refractivity (Wildman–Crippen MR) is 58.4 cm³/mol. The Morgan fingerprint density at radius 2 is 0.444 bits per heavy atom. The molecule has 0 heterocycles. The Morgan fingerprint density at radius 3 is 0.444 bits per heavy atom. The molecule has 0 aliphatic rings. The molecule has 0 aliphatic carbocycles. The molecule has 0 aromatic rings. The van der Waals surface area contributed by atoms with Gasteiger partial charge in [0.25, 0.3) is 0 Å². The SMILES string of the molecule is P.P.[Al+3].[Al+3].[O-2].[O-2].[O-2].[SiH4].[SiH4]. The van der Waals surface area contributed by atoms with Crippen LogP contribution in [0, 0.1) is 0 Å². The van der Waals surface area contributed by atoms with Crippen molar-refractivity contribution < 1.29 is 16.4 Å². The molecule has 9 heavy (non-hydrogen) atoms. The average molecular weight is 234 g/mol. The van der Waals surface area contributed by atoms with E-state index in [9.17, 15) is 0 Å². The summed E-state index contributed by atoms with van der Waals surface area (Å²) < 4.78 is 0. The summed E-state index contributed by atoms with van der Waals surface area (Å²) in [4.78, 5) is 0. The van der Waals surface area contributed by atoms with Crippen molar-refractivity contribution in [3.8, 4) is 0 Å². The smallest absolute Gasteiger partial charge is 2.00 e. The summed E-state index contributed by atoms with van der Waals surface area (Å²) in [6.45, 7) is 0. The molecule has 2 atom stereocenters. The summed E-state index contributed by atoms with van der Waals surface area (Å²) in [5, 5.41) is 0. The van der Waals surface area contributed by atoms with Gasteiger partial charge in [0.05, 0.1) is 0 Å². The third-order valence-corrected chi connectivity index (χ3v) is 0. The van der Waals surface area contributed by atoms with Gasteiger partial charge in [-0.3, -0.25) is 0 Å². The Hall–Kier alpha value is 2.24. The first-order chi connectivity index (χ1) is 0. The summed E-state index contributed by atoms with van der Waals surface area (Å²) in [5.41, 5.74) is 0. The predicted octanol–water partition coefficient (Wildman–Crippen LogP) is -3.91. The summed E-state index contributed by atoms with van der Waals surface area (Å²) in [6.07, 6.45) is 0. The van der Waals surface area contributed by atoms with Crippen LogP contribution in [0.1, 0.15) is 0 Å². The minimum atomic E-state index is 0. The molecule has 0 aromatic heterocycles. The van der Waals surface area contributed by atoms with E-state index < -0.39 is 0 Å². The van der Waals surface area contributed by atoms with Crippen molar-refractivity contribution in [2.45, 2.75) is 0 Å². The fourth-order valence-corrected chi connectivity index (χ4v) is 0. The number of hydrogen-bond donors (Lipinski definition) is 0. The van der Waals surface area contributed by atoms with Gasteiger partial charge in [-0.1, -0.05) is 0 Å². The van der Waals surface area contributed by atoms with E-state index in [1.807, 2.05) is 0 Å².